The minimum atomic E-state index is -3.62. The molecule has 0 spiro atoms. The molecule has 0 saturated carbocycles. The SMILES string of the molecule is [2H]c1ccc(S(=O)(=O)c2ccc(F)cc2)cc1. The minimum absolute atomic E-state index is 0.0385. The van der Waals surface area contributed by atoms with Crippen LogP contribution < -0.4 is 0 Å². The maximum Gasteiger partial charge on any atom is 0.206 e. The molecular formula is C12H9FO2S. The molecular weight excluding hydrogens is 227 g/mol. The molecule has 0 bridgehead atoms. The van der Waals surface area contributed by atoms with Gasteiger partial charge in [-0.3, -0.25) is 0 Å². The van der Waals surface area contributed by atoms with E-state index in [4.69, 9.17) is 1.37 Å². The molecule has 0 saturated heterocycles. The highest BCUT2D eigenvalue weighted by Gasteiger charge is 2.16. The Morgan fingerprint density at radius 2 is 1.44 bits per heavy atom. The lowest BCUT2D eigenvalue weighted by atomic mass is 10.3. The molecule has 0 heterocycles. The lowest BCUT2D eigenvalue weighted by Gasteiger charge is -2.03. The first-order valence-corrected chi connectivity index (χ1v) is 6.06. The molecule has 2 aromatic carbocycles. The summed E-state index contributed by atoms with van der Waals surface area (Å²) in [5.74, 6) is -0.481. The van der Waals surface area contributed by atoms with E-state index < -0.39 is 15.7 Å². The second kappa shape index (κ2) is 4.06. The van der Waals surface area contributed by atoms with E-state index in [9.17, 15) is 12.8 Å². The molecule has 0 aliphatic heterocycles. The Bertz CT molecular complexity index is 567. The highest BCUT2D eigenvalue weighted by Crippen LogP contribution is 2.20. The fourth-order valence-electron chi connectivity index (χ4n) is 1.30. The molecule has 0 amide bonds. The average molecular weight is 237 g/mol. The van der Waals surface area contributed by atoms with Crippen molar-refractivity contribution in [2.45, 2.75) is 9.79 Å². The number of rotatable bonds is 2. The summed E-state index contributed by atoms with van der Waals surface area (Å²) in [6.07, 6.45) is 0. The van der Waals surface area contributed by atoms with E-state index in [2.05, 4.69) is 0 Å². The van der Waals surface area contributed by atoms with E-state index >= 15 is 0 Å². The number of halogens is 1. The third-order valence-electron chi connectivity index (χ3n) is 2.12. The lowest BCUT2D eigenvalue weighted by molar-refractivity contribution is 0.595. The molecule has 0 atom stereocenters. The van der Waals surface area contributed by atoms with Crippen molar-refractivity contribution in [3.8, 4) is 0 Å². The molecule has 0 unspecified atom stereocenters. The summed E-state index contributed by atoms with van der Waals surface area (Å²) in [7, 11) is -3.62. The fourth-order valence-corrected chi connectivity index (χ4v) is 2.56. The van der Waals surface area contributed by atoms with Gasteiger partial charge in [0.05, 0.1) is 11.2 Å². The Hall–Kier alpha value is -1.68. The van der Waals surface area contributed by atoms with E-state index in [0.29, 0.717) is 0 Å². The van der Waals surface area contributed by atoms with Crippen LogP contribution in [0.5, 0.6) is 0 Å². The number of hydrogen-bond donors (Lipinski definition) is 0. The fraction of sp³-hybridized carbons (Fsp3) is 0. The van der Waals surface area contributed by atoms with Gasteiger partial charge in [-0.05, 0) is 36.4 Å². The first-order chi connectivity index (χ1) is 8.00. The topological polar surface area (TPSA) is 34.1 Å². The summed E-state index contributed by atoms with van der Waals surface area (Å²) in [4.78, 5) is 0.136. The van der Waals surface area contributed by atoms with E-state index in [-0.39, 0.29) is 15.8 Å². The number of benzene rings is 2. The summed E-state index contributed by atoms with van der Waals surface area (Å²) in [6.45, 7) is 0. The van der Waals surface area contributed by atoms with Crippen molar-refractivity contribution in [3.05, 3.63) is 60.4 Å². The summed E-state index contributed by atoms with van der Waals surface area (Å²) in [5.41, 5.74) is 0. The van der Waals surface area contributed by atoms with Gasteiger partial charge in [0.25, 0.3) is 0 Å². The van der Waals surface area contributed by atoms with Gasteiger partial charge in [-0.25, -0.2) is 12.8 Å². The second-order valence-electron chi connectivity index (χ2n) is 3.19. The minimum Gasteiger partial charge on any atom is -0.219 e. The lowest BCUT2D eigenvalue weighted by Crippen LogP contribution is -2.01. The molecule has 0 N–H and O–H groups in total. The van der Waals surface area contributed by atoms with Crippen molar-refractivity contribution in [2.75, 3.05) is 0 Å². The molecule has 0 aliphatic carbocycles. The summed E-state index contributed by atoms with van der Waals surface area (Å²) in [6, 6.07) is 10.4. The van der Waals surface area contributed by atoms with Crippen molar-refractivity contribution >= 4 is 9.84 Å². The van der Waals surface area contributed by atoms with Gasteiger partial charge in [-0.15, -0.1) is 0 Å². The Morgan fingerprint density at radius 1 is 0.938 bits per heavy atom. The highest BCUT2D eigenvalue weighted by atomic mass is 32.2. The van der Waals surface area contributed by atoms with Crippen LogP contribution in [0.25, 0.3) is 0 Å². The van der Waals surface area contributed by atoms with Crippen molar-refractivity contribution in [1.29, 1.82) is 0 Å². The summed E-state index contributed by atoms with van der Waals surface area (Å²) < 4.78 is 44.1. The van der Waals surface area contributed by atoms with Gasteiger partial charge in [0, 0.05) is 0 Å². The maximum absolute atomic E-state index is 12.7. The van der Waals surface area contributed by atoms with Crippen molar-refractivity contribution in [2.24, 2.45) is 0 Å². The van der Waals surface area contributed by atoms with Crippen LogP contribution in [0, 0.1) is 5.82 Å². The summed E-state index contributed by atoms with van der Waals surface area (Å²) in [5, 5.41) is 0. The Morgan fingerprint density at radius 3 is 2.00 bits per heavy atom. The van der Waals surface area contributed by atoms with Crippen LogP contribution in [0.2, 0.25) is 0 Å². The van der Waals surface area contributed by atoms with Gasteiger partial charge in [0.15, 0.2) is 0 Å². The van der Waals surface area contributed by atoms with E-state index in [1.165, 1.54) is 36.4 Å². The van der Waals surface area contributed by atoms with E-state index in [1.807, 2.05) is 0 Å². The zero-order valence-electron chi connectivity index (χ0n) is 9.22. The predicted octanol–water partition coefficient (Wildman–Crippen LogP) is 2.66. The van der Waals surface area contributed by atoms with Crippen LogP contribution in [-0.2, 0) is 9.84 Å². The van der Waals surface area contributed by atoms with Crippen molar-refractivity contribution in [1.82, 2.24) is 0 Å². The standard InChI is InChI=1S/C12H9FO2S/c13-10-6-8-12(9-7-10)16(14,15)11-4-2-1-3-5-11/h1-9H/i1D. The van der Waals surface area contributed by atoms with Crippen molar-refractivity contribution in [3.63, 3.8) is 0 Å². The van der Waals surface area contributed by atoms with Gasteiger partial charge in [0.2, 0.25) is 9.84 Å². The largest absolute Gasteiger partial charge is 0.219 e. The highest BCUT2D eigenvalue weighted by molar-refractivity contribution is 7.91. The Kier molecular flexibility index (Phi) is 2.42. The first-order valence-electron chi connectivity index (χ1n) is 5.07. The zero-order valence-corrected chi connectivity index (χ0v) is 9.04. The molecule has 2 nitrogen and oxygen atoms in total. The van der Waals surface area contributed by atoms with Crippen molar-refractivity contribution < 1.29 is 14.2 Å². The van der Waals surface area contributed by atoms with Crippen LogP contribution in [0.4, 0.5) is 4.39 Å². The molecule has 4 heteroatoms. The molecule has 0 radical (unpaired) electrons. The average Bonchev–Trinajstić information content (AvgIpc) is 2.30. The maximum atomic E-state index is 12.7. The van der Waals surface area contributed by atoms with Gasteiger partial charge in [-0.2, -0.15) is 0 Å². The second-order valence-corrected chi connectivity index (χ2v) is 5.14. The Labute approximate surface area is 94.7 Å². The van der Waals surface area contributed by atoms with Crippen LogP contribution in [-0.4, -0.2) is 8.42 Å². The van der Waals surface area contributed by atoms with E-state index in [1.54, 1.807) is 0 Å². The third kappa shape index (κ3) is 1.97. The van der Waals surface area contributed by atoms with Gasteiger partial charge < -0.3 is 0 Å². The molecule has 2 aromatic rings. The Balaban J connectivity index is 2.50. The predicted molar refractivity (Wildman–Crippen MR) is 58.3 cm³/mol. The first kappa shape index (κ1) is 9.54. The molecule has 0 aliphatic rings. The number of hydrogen-bond acceptors (Lipinski definition) is 2. The smallest absolute Gasteiger partial charge is 0.206 e. The van der Waals surface area contributed by atoms with Crippen LogP contribution in [0.3, 0.4) is 0 Å². The zero-order chi connectivity index (χ0) is 12.5. The molecule has 82 valence electrons. The van der Waals surface area contributed by atoms with E-state index in [0.717, 1.165) is 12.1 Å². The monoisotopic (exact) mass is 237 g/mol. The van der Waals surface area contributed by atoms with Crippen LogP contribution >= 0.6 is 0 Å². The van der Waals surface area contributed by atoms with Gasteiger partial charge in [-0.1, -0.05) is 18.2 Å². The molecule has 0 aromatic heterocycles. The summed E-state index contributed by atoms with van der Waals surface area (Å²) >= 11 is 0. The molecule has 0 fully saturated rings. The normalized spacial score (nSPS) is 12.2. The van der Waals surface area contributed by atoms with Gasteiger partial charge in [0.1, 0.15) is 5.82 Å². The van der Waals surface area contributed by atoms with Crippen LogP contribution in [0.1, 0.15) is 1.37 Å². The quantitative estimate of drug-likeness (QED) is 0.752. The molecule has 16 heavy (non-hydrogen) atoms. The molecule has 2 rings (SSSR count). The van der Waals surface area contributed by atoms with Crippen LogP contribution in [0.15, 0.2) is 64.4 Å². The third-order valence-corrected chi connectivity index (χ3v) is 3.91. The van der Waals surface area contributed by atoms with Gasteiger partial charge >= 0.3 is 0 Å². The number of sulfone groups is 1.